The molecule has 30 heavy (non-hydrogen) atoms. The molecule has 0 bridgehead atoms. The molecule has 1 amide bonds. The number of nitrogens with one attached hydrogen (secondary N) is 1. The zero-order valence-corrected chi connectivity index (χ0v) is 16.9. The minimum atomic E-state index is -0.606. The Kier molecular flexibility index (Phi) is 5.85. The minimum Gasteiger partial charge on any atom is -0.325 e. The fourth-order valence-electron chi connectivity index (χ4n) is 2.92. The van der Waals surface area contributed by atoms with Crippen LogP contribution in [0.1, 0.15) is 16.4 Å². The lowest BCUT2D eigenvalue weighted by Crippen LogP contribution is -2.19. The number of nitrogens with zero attached hydrogens (tertiary/aromatic N) is 4. The van der Waals surface area contributed by atoms with Crippen LogP contribution < -0.4 is 5.32 Å². The predicted molar refractivity (Wildman–Crippen MR) is 114 cm³/mol. The van der Waals surface area contributed by atoms with Crippen molar-refractivity contribution in [2.45, 2.75) is 17.3 Å². The predicted octanol–water partition coefficient (Wildman–Crippen LogP) is 4.58. The molecule has 0 aliphatic rings. The molecule has 1 unspecified atom stereocenters. The second-order valence-corrected chi connectivity index (χ2v) is 7.69. The zero-order chi connectivity index (χ0) is 20.9. The van der Waals surface area contributed by atoms with Crippen LogP contribution in [0, 0.1) is 12.7 Å². The number of thioether (sulfide) groups is 1. The maximum absolute atomic E-state index is 13.2. The number of aryl methyl sites for hydroxylation is 1. The first-order valence-electron chi connectivity index (χ1n) is 9.23. The summed E-state index contributed by atoms with van der Waals surface area (Å²) in [7, 11) is 0. The molecule has 0 radical (unpaired) electrons. The molecule has 1 aromatic heterocycles. The van der Waals surface area contributed by atoms with Gasteiger partial charge in [-0.25, -0.2) is 4.39 Å². The van der Waals surface area contributed by atoms with E-state index in [4.69, 9.17) is 0 Å². The lowest BCUT2D eigenvalue weighted by atomic mass is 10.1. The van der Waals surface area contributed by atoms with Crippen LogP contribution in [-0.4, -0.2) is 26.1 Å². The van der Waals surface area contributed by atoms with E-state index in [1.54, 1.807) is 4.68 Å². The Morgan fingerprint density at radius 2 is 1.80 bits per heavy atom. The van der Waals surface area contributed by atoms with Crippen molar-refractivity contribution in [1.82, 2.24) is 20.2 Å². The fraction of sp³-hybridized carbons (Fsp3) is 0.0909. The van der Waals surface area contributed by atoms with Crippen molar-refractivity contribution in [2.24, 2.45) is 0 Å². The highest BCUT2D eigenvalue weighted by Gasteiger charge is 2.25. The molecule has 0 saturated carbocycles. The molecular formula is C22H18FN5OS. The number of amides is 1. The van der Waals surface area contributed by atoms with Gasteiger partial charge in [-0.15, -0.1) is 5.10 Å². The van der Waals surface area contributed by atoms with E-state index in [2.05, 4.69) is 20.8 Å². The van der Waals surface area contributed by atoms with Gasteiger partial charge >= 0.3 is 0 Å². The van der Waals surface area contributed by atoms with Gasteiger partial charge < -0.3 is 5.32 Å². The Hall–Kier alpha value is -3.52. The first-order chi connectivity index (χ1) is 14.6. The summed E-state index contributed by atoms with van der Waals surface area (Å²) in [6.07, 6.45) is 0. The molecule has 4 aromatic rings. The maximum atomic E-state index is 13.2. The molecule has 4 rings (SSSR count). The first-order valence-corrected chi connectivity index (χ1v) is 10.1. The van der Waals surface area contributed by atoms with Crippen LogP contribution in [0.4, 0.5) is 10.1 Å². The number of benzene rings is 3. The van der Waals surface area contributed by atoms with E-state index in [-0.39, 0.29) is 11.7 Å². The average molecular weight is 419 g/mol. The van der Waals surface area contributed by atoms with E-state index in [0.29, 0.717) is 10.8 Å². The Morgan fingerprint density at radius 3 is 2.53 bits per heavy atom. The van der Waals surface area contributed by atoms with Crippen molar-refractivity contribution in [3.05, 3.63) is 95.8 Å². The molecule has 0 aliphatic heterocycles. The zero-order valence-electron chi connectivity index (χ0n) is 16.1. The van der Waals surface area contributed by atoms with Gasteiger partial charge in [0.1, 0.15) is 11.1 Å². The Bertz CT molecular complexity index is 1150. The highest BCUT2D eigenvalue weighted by molar-refractivity contribution is 8.00. The van der Waals surface area contributed by atoms with Crippen molar-refractivity contribution in [2.75, 3.05) is 5.32 Å². The molecule has 1 N–H and O–H groups in total. The van der Waals surface area contributed by atoms with Crippen LogP contribution in [-0.2, 0) is 4.79 Å². The van der Waals surface area contributed by atoms with Crippen molar-refractivity contribution in [3.63, 3.8) is 0 Å². The van der Waals surface area contributed by atoms with Gasteiger partial charge in [-0.2, -0.15) is 4.68 Å². The van der Waals surface area contributed by atoms with Gasteiger partial charge in [0.05, 0.1) is 5.69 Å². The SMILES string of the molecule is Cc1cccc(-n2nnnc2SC(C(=O)Nc2ccc(F)cc2)c2ccccc2)c1. The summed E-state index contributed by atoms with van der Waals surface area (Å²) in [5.41, 5.74) is 3.21. The minimum absolute atomic E-state index is 0.253. The van der Waals surface area contributed by atoms with E-state index in [9.17, 15) is 9.18 Å². The van der Waals surface area contributed by atoms with Crippen LogP contribution in [0.2, 0.25) is 0 Å². The molecule has 1 heterocycles. The van der Waals surface area contributed by atoms with Gasteiger partial charge in [-0.1, -0.05) is 54.2 Å². The monoisotopic (exact) mass is 419 g/mol. The number of carbonyl (C=O) groups is 1. The van der Waals surface area contributed by atoms with E-state index in [1.165, 1.54) is 36.0 Å². The third kappa shape index (κ3) is 4.55. The molecule has 8 heteroatoms. The summed E-state index contributed by atoms with van der Waals surface area (Å²) < 4.78 is 14.8. The standard InChI is InChI=1S/C22H18FN5OS/c1-15-6-5-9-19(14-15)28-22(25-26-27-28)30-20(16-7-3-2-4-8-16)21(29)24-18-12-10-17(23)11-13-18/h2-14,20H,1H3,(H,24,29). The number of carbonyl (C=O) groups excluding carboxylic acids is 1. The molecule has 6 nitrogen and oxygen atoms in total. The van der Waals surface area contributed by atoms with Crippen molar-refractivity contribution in [1.29, 1.82) is 0 Å². The van der Waals surface area contributed by atoms with E-state index in [1.807, 2.05) is 61.5 Å². The largest absolute Gasteiger partial charge is 0.325 e. The summed E-state index contributed by atoms with van der Waals surface area (Å²) in [5, 5.41) is 14.7. The number of hydrogen-bond donors (Lipinski definition) is 1. The first kappa shape index (κ1) is 19.8. The molecule has 0 spiro atoms. The maximum Gasteiger partial charge on any atom is 0.242 e. The highest BCUT2D eigenvalue weighted by atomic mass is 32.2. The lowest BCUT2D eigenvalue weighted by molar-refractivity contribution is -0.115. The molecule has 0 fully saturated rings. The second kappa shape index (κ2) is 8.87. The van der Waals surface area contributed by atoms with Gasteiger partial charge in [-0.05, 0) is 64.9 Å². The third-order valence-corrected chi connectivity index (χ3v) is 5.55. The Morgan fingerprint density at radius 1 is 1.03 bits per heavy atom. The van der Waals surface area contributed by atoms with Gasteiger partial charge in [0.15, 0.2) is 0 Å². The van der Waals surface area contributed by atoms with Crippen LogP contribution in [0.5, 0.6) is 0 Å². The van der Waals surface area contributed by atoms with E-state index in [0.717, 1.165) is 16.8 Å². The van der Waals surface area contributed by atoms with Crippen LogP contribution in [0.15, 0.2) is 84.0 Å². The normalized spacial score (nSPS) is 11.8. The van der Waals surface area contributed by atoms with Gasteiger partial charge in [0, 0.05) is 5.69 Å². The summed E-state index contributed by atoms with van der Waals surface area (Å²) in [6.45, 7) is 1.99. The van der Waals surface area contributed by atoms with Crippen molar-refractivity contribution in [3.8, 4) is 5.69 Å². The number of rotatable bonds is 6. The number of anilines is 1. The second-order valence-electron chi connectivity index (χ2n) is 6.62. The fourth-order valence-corrected chi connectivity index (χ4v) is 3.92. The lowest BCUT2D eigenvalue weighted by Gasteiger charge is -2.16. The van der Waals surface area contributed by atoms with Crippen molar-refractivity contribution < 1.29 is 9.18 Å². The van der Waals surface area contributed by atoms with E-state index >= 15 is 0 Å². The summed E-state index contributed by atoms with van der Waals surface area (Å²) >= 11 is 1.25. The Balaban J connectivity index is 1.64. The highest BCUT2D eigenvalue weighted by Crippen LogP contribution is 2.35. The molecule has 1 atom stereocenters. The van der Waals surface area contributed by atoms with Crippen molar-refractivity contribution >= 4 is 23.4 Å². The van der Waals surface area contributed by atoms with Gasteiger partial charge in [0.25, 0.3) is 0 Å². The number of halogens is 1. The van der Waals surface area contributed by atoms with Gasteiger partial charge in [-0.3, -0.25) is 4.79 Å². The molecule has 0 saturated heterocycles. The molecular weight excluding hydrogens is 401 g/mol. The Labute approximate surface area is 177 Å². The van der Waals surface area contributed by atoms with E-state index < -0.39 is 5.25 Å². The quantitative estimate of drug-likeness (QED) is 0.463. The summed E-state index contributed by atoms with van der Waals surface area (Å²) in [4.78, 5) is 13.1. The third-order valence-electron chi connectivity index (χ3n) is 4.36. The topological polar surface area (TPSA) is 72.7 Å². The summed E-state index contributed by atoms with van der Waals surface area (Å²) in [5.74, 6) is -0.615. The molecule has 150 valence electrons. The summed E-state index contributed by atoms with van der Waals surface area (Å²) in [6, 6.07) is 22.8. The van der Waals surface area contributed by atoms with Crippen LogP contribution in [0.25, 0.3) is 5.69 Å². The number of aromatic nitrogens is 4. The van der Waals surface area contributed by atoms with Gasteiger partial charge in [0.2, 0.25) is 11.1 Å². The van der Waals surface area contributed by atoms with Crippen LogP contribution in [0.3, 0.4) is 0 Å². The van der Waals surface area contributed by atoms with Crippen LogP contribution >= 0.6 is 11.8 Å². The number of tetrazole rings is 1. The smallest absolute Gasteiger partial charge is 0.242 e. The molecule has 0 aliphatic carbocycles. The number of hydrogen-bond acceptors (Lipinski definition) is 5. The average Bonchev–Trinajstić information content (AvgIpc) is 3.22. The molecule has 3 aromatic carbocycles.